The Bertz CT molecular complexity index is 623. The molecule has 2 aromatic carbocycles. The summed E-state index contributed by atoms with van der Waals surface area (Å²) in [6, 6.07) is 21.1. The Morgan fingerprint density at radius 1 is 1.00 bits per heavy atom. The van der Waals surface area contributed by atoms with Crippen molar-refractivity contribution in [3.63, 3.8) is 0 Å². The van der Waals surface area contributed by atoms with Gasteiger partial charge in [0.25, 0.3) is 0 Å². The van der Waals surface area contributed by atoms with Crippen molar-refractivity contribution in [2.45, 2.75) is 31.6 Å². The first-order valence-electron chi connectivity index (χ1n) is 8.86. The van der Waals surface area contributed by atoms with Crippen LogP contribution in [0.15, 0.2) is 72.8 Å². The Morgan fingerprint density at radius 3 is 2.17 bits per heavy atom. The zero-order valence-electron chi connectivity index (χ0n) is 14.0. The average molecular weight is 319 g/mol. The lowest BCUT2D eigenvalue weighted by atomic mass is 9.88. The summed E-state index contributed by atoms with van der Waals surface area (Å²) < 4.78 is 0. The number of amides is 1. The first-order valence-corrected chi connectivity index (χ1v) is 8.86. The molecule has 2 nitrogen and oxygen atoms in total. The molecular weight excluding hydrogens is 294 g/mol. The fourth-order valence-electron chi connectivity index (χ4n) is 3.43. The molecule has 1 atom stereocenters. The van der Waals surface area contributed by atoms with Crippen LogP contribution in [0.25, 0.3) is 0 Å². The van der Waals surface area contributed by atoms with Gasteiger partial charge in [0, 0.05) is 18.9 Å². The van der Waals surface area contributed by atoms with Crippen LogP contribution in [-0.2, 0) is 4.79 Å². The third-order valence-corrected chi connectivity index (χ3v) is 4.72. The van der Waals surface area contributed by atoms with Crippen molar-refractivity contribution < 1.29 is 4.79 Å². The van der Waals surface area contributed by atoms with Crippen molar-refractivity contribution in [1.82, 2.24) is 5.32 Å². The molecule has 2 aromatic rings. The molecule has 0 aliphatic heterocycles. The largest absolute Gasteiger partial charge is 0.356 e. The zero-order valence-corrected chi connectivity index (χ0v) is 14.0. The number of hydrogen-bond acceptors (Lipinski definition) is 1. The number of carbonyl (C=O) groups excluding carboxylic acids is 1. The van der Waals surface area contributed by atoms with Gasteiger partial charge in [-0.05, 0) is 36.3 Å². The number of benzene rings is 2. The predicted molar refractivity (Wildman–Crippen MR) is 98.8 cm³/mol. The van der Waals surface area contributed by atoms with Crippen molar-refractivity contribution >= 4 is 5.91 Å². The van der Waals surface area contributed by atoms with Gasteiger partial charge >= 0.3 is 0 Å². The molecule has 24 heavy (non-hydrogen) atoms. The van der Waals surface area contributed by atoms with Gasteiger partial charge in [0.15, 0.2) is 0 Å². The average Bonchev–Trinajstić information content (AvgIpc) is 3.13. The highest BCUT2D eigenvalue weighted by atomic mass is 16.1. The van der Waals surface area contributed by atoms with E-state index >= 15 is 0 Å². The van der Waals surface area contributed by atoms with Crippen LogP contribution in [-0.4, -0.2) is 12.5 Å². The maximum absolute atomic E-state index is 12.1. The topological polar surface area (TPSA) is 29.1 Å². The minimum atomic E-state index is 0.173. The quantitative estimate of drug-likeness (QED) is 0.738. The molecule has 0 aromatic heterocycles. The number of hydrogen-bond donors (Lipinski definition) is 1. The second kappa shape index (κ2) is 8.49. The van der Waals surface area contributed by atoms with Gasteiger partial charge in [-0.25, -0.2) is 0 Å². The Kier molecular flexibility index (Phi) is 5.84. The van der Waals surface area contributed by atoms with E-state index in [2.05, 4.69) is 66.0 Å². The third-order valence-electron chi connectivity index (χ3n) is 4.72. The van der Waals surface area contributed by atoms with Crippen LogP contribution in [0.2, 0.25) is 0 Å². The van der Waals surface area contributed by atoms with E-state index in [-0.39, 0.29) is 5.91 Å². The van der Waals surface area contributed by atoms with Crippen molar-refractivity contribution in [2.24, 2.45) is 5.92 Å². The molecule has 0 unspecified atom stereocenters. The van der Waals surface area contributed by atoms with E-state index in [4.69, 9.17) is 0 Å². The van der Waals surface area contributed by atoms with Crippen LogP contribution < -0.4 is 5.32 Å². The number of rotatable bonds is 7. The van der Waals surface area contributed by atoms with Gasteiger partial charge in [-0.1, -0.05) is 72.8 Å². The third kappa shape index (κ3) is 4.58. The van der Waals surface area contributed by atoms with Gasteiger partial charge in [0.05, 0.1) is 0 Å². The Labute approximate surface area is 144 Å². The second-order valence-electron chi connectivity index (χ2n) is 6.48. The highest BCUT2D eigenvalue weighted by Gasteiger charge is 2.16. The van der Waals surface area contributed by atoms with E-state index in [9.17, 15) is 4.79 Å². The number of nitrogens with one attached hydrogen (secondary N) is 1. The van der Waals surface area contributed by atoms with E-state index in [1.165, 1.54) is 11.1 Å². The Morgan fingerprint density at radius 2 is 1.62 bits per heavy atom. The fraction of sp³-hybridized carbons (Fsp3) is 0.318. The smallest absolute Gasteiger partial charge is 0.220 e. The van der Waals surface area contributed by atoms with Crippen LogP contribution in [0.1, 0.15) is 42.7 Å². The SMILES string of the molecule is O=C(C[C@@H]1C=CCC1)NCCC(c1ccccc1)c1ccccc1. The van der Waals surface area contributed by atoms with Crippen LogP contribution in [0.5, 0.6) is 0 Å². The number of carbonyl (C=O) groups is 1. The Hall–Kier alpha value is -2.35. The van der Waals surface area contributed by atoms with Crippen LogP contribution in [0.3, 0.4) is 0 Å². The summed E-state index contributed by atoms with van der Waals surface area (Å²) in [5.41, 5.74) is 2.60. The van der Waals surface area contributed by atoms with Gasteiger partial charge in [-0.3, -0.25) is 4.79 Å². The zero-order chi connectivity index (χ0) is 16.6. The summed E-state index contributed by atoms with van der Waals surface area (Å²) >= 11 is 0. The predicted octanol–water partition coefficient (Wildman–Crippen LogP) is 4.68. The minimum absolute atomic E-state index is 0.173. The molecule has 0 saturated heterocycles. The van der Waals surface area contributed by atoms with E-state index in [1.54, 1.807) is 0 Å². The Balaban J connectivity index is 1.58. The molecule has 1 aliphatic rings. The molecule has 2 heteroatoms. The van der Waals surface area contributed by atoms with Crippen molar-refractivity contribution in [2.75, 3.05) is 6.54 Å². The summed E-state index contributed by atoms with van der Waals surface area (Å²) in [6.07, 6.45) is 8.12. The molecule has 1 amide bonds. The monoisotopic (exact) mass is 319 g/mol. The van der Waals surface area contributed by atoms with Gasteiger partial charge in [-0.15, -0.1) is 0 Å². The lowest BCUT2D eigenvalue weighted by Crippen LogP contribution is -2.27. The fourth-order valence-corrected chi connectivity index (χ4v) is 3.43. The molecule has 0 saturated carbocycles. The normalized spacial score (nSPS) is 16.5. The molecule has 3 rings (SSSR count). The van der Waals surface area contributed by atoms with Crippen molar-refractivity contribution in [1.29, 1.82) is 0 Å². The summed E-state index contributed by atoms with van der Waals surface area (Å²) in [4.78, 5) is 12.1. The standard InChI is InChI=1S/C22H25NO/c24-22(17-18-9-7-8-10-18)23-16-15-21(19-11-3-1-4-12-19)20-13-5-2-6-14-20/h1-7,9,11-14,18,21H,8,10,15-17H2,(H,23,24)/t18-/m1/s1. The van der Waals surface area contributed by atoms with Crippen LogP contribution >= 0.6 is 0 Å². The molecule has 1 N–H and O–H groups in total. The molecule has 0 spiro atoms. The van der Waals surface area contributed by atoms with E-state index in [1.807, 2.05) is 12.1 Å². The highest BCUT2D eigenvalue weighted by molar-refractivity contribution is 5.76. The van der Waals surface area contributed by atoms with Gasteiger partial charge in [0.1, 0.15) is 0 Å². The van der Waals surface area contributed by atoms with Gasteiger partial charge < -0.3 is 5.32 Å². The van der Waals surface area contributed by atoms with Crippen LogP contribution in [0, 0.1) is 5.92 Å². The molecule has 1 aliphatic carbocycles. The lowest BCUT2D eigenvalue weighted by Gasteiger charge is -2.18. The maximum Gasteiger partial charge on any atom is 0.220 e. The minimum Gasteiger partial charge on any atom is -0.356 e. The first kappa shape index (κ1) is 16.5. The second-order valence-corrected chi connectivity index (χ2v) is 6.48. The van der Waals surface area contributed by atoms with Crippen molar-refractivity contribution in [3.05, 3.63) is 83.9 Å². The van der Waals surface area contributed by atoms with E-state index < -0.39 is 0 Å². The molecule has 0 fully saturated rings. The molecule has 0 radical (unpaired) electrons. The highest BCUT2D eigenvalue weighted by Crippen LogP contribution is 2.27. The first-order chi connectivity index (χ1) is 11.8. The summed E-state index contributed by atoms with van der Waals surface area (Å²) in [5, 5.41) is 3.11. The summed E-state index contributed by atoms with van der Waals surface area (Å²) in [6.45, 7) is 0.712. The van der Waals surface area contributed by atoms with E-state index in [0.717, 1.165) is 19.3 Å². The van der Waals surface area contributed by atoms with Gasteiger partial charge in [-0.2, -0.15) is 0 Å². The molecular formula is C22H25NO. The van der Waals surface area contributed by atoms with Crippen molar-refractivity contribution in [3.8, 4) is 0 Å². The van der Waals surface area contributed by atoms with Crippen LogP contribution in [0.4, 0.5) is 0 Å². The number of allylic oxidation sites excluding steroid dienone is 2. The molecule has 124 valence electrons. The lowest BCUT2D eigenvalue weighted by molar-refractivity contribution is -0.121. The summed E-state index contributed by atoms with van der Waals surface area (Å²) in [7, 11) is 0. The molecule has 0 bridgehead atoms. The molecule has 0 heterocycles. The van der Waals surface area contributed by atoms with Gasteiger partial charge in [0.2, 0.25) is 5.91 Å². The maximum atomic E-state index is 12.1. The van der Waals surface area contributed by atoms with E-state index in [0.29, 0.717) is 24.8 Å². The summed E-state index contributed by atoms with van der Waals surface area (Å²) in [5.74, 6) is 0.926.